The van der Waals surface area contributed by atoms with Gasteiger partial charge >= 0.3 is 0 Å². The van der Waals surface area contributed by atoms with Crippen molar-refractivity contribution in [2.24, 2.45) is 0 Å². The highest BCUT2D eigenvalue weighted by molar-refractivity contribution is 5.43. The summed E-state index contributed by atoms with van der Waals surface area (Å²) in [6, 6.07) is 4.53. The first kappa shape index (κ1) is 11.8. The van der Waals surface area contributed by atoms with Gasteiger partial charge in [-0.05, 0) is 26.0 Å². The number of ether oxygens (including phenoxy) is 2. The Balaban J connectivity index is 2.98. The molecule has 1 aromatic rings. The van der Waals surface area contributed by atoms with E-state index in [-0.39, 0.29) is 17.1 Å². The number of phenolic OH excluding ortho intramolecular Hbond substituents is 2. The summed E-state index contributed by atoms with van der Waals surface area (Å²) >= 11 is 0. The molecule has 15 heavy (non-hydrogen) atoms. The Labute approximate surface area is 89.1 Å². The van der Waals surface area contributed by atoms with Gasteiger partial charge in [-0.25, -0.2) is 0 Å². The number of hydrogen-bond donors (Lipinski definition) is 2. The molecule has 0 aliphatic heterocycles. The van der Waals surface area contributed by atoms with Crippen molar-refractivity contribution in [3.63, 3.8) is 0 Å². The predicted molar refractivity (Wildman–Crippen MR) is 55.8 cm³/mol. The van der Waals surface area contributed by atoms with Crippen molar-refractivity contribution in [1.29, 1.82) is 0 Å². The second-order valence-electron chi connectivity index (χ2n) is 2.95. The fraction of sp³-hybridized carbons (Fsp3) is 0.455. The third-order valence-corrected chi connectivity index (χ3v) is 1.93. The van der Waals surface area contributed by atoms with Crippen LogP contribution >= 0.6 is 0 Å². The Hall–Kier alpha value is -1.26. The van der Waals surface area contributed by atoms with Gasteiger partial charge in [-0.15, -0.1) is 0 Å². The summed E-state index contributed by atoms with van der Waals surface area (Å²) in [6.07, 6.45) is -0.721. The molecule has 0 heterocycles. The van der Waals surface area contributed by atoms with E-state index in [4.69, 9.17) is 9.47 Å². The molecule has 0 spiro atoms. The molecule has 0 atom stereocenters. The quantitative estimate of drug-likeness (QED) is 0.734. The van der Waals surface area contributed by atoms with E-state index in [0.29, 0.717) is 13.2 Å². The van der Waals surface area contributed by atoms with Crippen LogP contribution in [0.3, 0.4) is 0 Å². The van der Waals surface area contributed by atoms with E-state index in [2.05, 4.69) is 0 Å². The smallest absolute Gasteiger partial charge is 0.190 e. The number of benzene rings is 1. The molecule has 4 nitrogen and oxygen atoms in total. The second-order valence-corrected chi connectivity index (χ2v) is 2.95. The van der Waals surface area contributed by atoms with Gasteiger partial charge in [-0.3, -0.25) is 0 Å². The van der Waals surface area contributed by atoms with Gasteiger partial charge in [0.2, 0.25) is 0 Å². The van der Waals surface area contributed by atoms with Crippen molar-refractivity contribution in [3.8, 4) is 11.5 Å². The minimum Gasteiger partial charge on any atom is -0.507 e. The number of hydrogen-bond acceptors (Lipinski definition) is 4. The van der Waals surface area contributed by atoms with Crippen LogP contribution in [0.25, 0.3) is 0 Å². The van der Waals surface area contributed by atoms with Crippen molar-refractivity contribution < 1.29 is 19.7 Å². The molecule has 0 unspecified atom stereocenters. The fourth-order valence-electron chi connectivity index (χ4n) is 1.30. The number of aromatic hydroxyl groups is 2. The summed E-state index contributed by atoms with van der Waals surface area (Å²) in [7, 11) is 0. The van der Waals surface area contributed by atoms with Crippen molar-refractivity contribution in [2.75, 3.05) is 13.2 Å². The van der Waals surface area contributed by atoms with Crippen LogP contribution in [-0.4, -0.2) is 23.4 Å². The van der Waals surface area contributed by atoms with E-state index in [1.165, 1.54) is 12.1 Å². The molecule has 0 aliphatic rings. The van der Waals surface area contributed by atoms with Gasteiger partial charge < -0.3 is 19.7 Å². The van der Waals surface area contributed by atoms with Gasteiger partial charge in [0.1, 0.15) is 11.5 Å². The van der Waals surface area contributed by atoms with E-state index in [1.807, 2.05) is 13.8 Å². The van der Waals surface area contributed by atoms with Gasteiger partial charge in [0.25, 0.3) is 0 Å². The summed E-state index contributed by atoms with van der Waals surface area (Å²) < 4.78 is 10.6. The average molecular weight is 212 g/mol. The van der Waals surface area contributed by atoms with Crippen LogP contribution in [0.2, 0.25) is 0 Å². The lowest BCUT2D eigenvalue weighted by atomic mass is 10.1. The maximum Gasteiger partial charge on any atom is 0.190 e. The van der Waals surface area contributed by atoms with Crippen LogP contribution in [0.15, 0.2) is 18.2 Å². The van der Waals surface area contributed by atoms with Crippen molar-refractivity contribution in [1.82, 2.24) is 0 Å². The van der Waals surface area contributed by atoms with Gasteiger partial charge in [0, 0.05) is 13.2 Å². The zero-order valence-electron chi connectivity index (χ0n) is 8.93. The molecule has 0 bridgehead atoms. The Bertz CT molecular complexity index is 285. The van der Waals surface area contributed by atoms with E-state index in [9.17, 15) is 10.2 Å². The molecule has 4 heteroatoms. The molecule has 0 saturated heterocycles. The lowest BCUT2D eigenvalue weighted by molar-refractivity contribution is -0.141. The third kappa shape index (κ3) is 2.84. The minimum absolute atomic E-state index is 0.0260. The maximum absolute atomic E-state index is 9.60. The molecular weight excluding hydrogens is 196 g/mol. The van der Waals surface area contributed by atoms with Gasteiger partial charge in [0.15, 0.2) is 6.29 Å². The Morgan fingerprint density at radius 2 is 1.53 bits per heavy atom. The van der Waals surface area contributed by atoms with Crippen molar-refractivity contribution >= 4 is 0 Å². The SMILES string of the molecule is CCOC(OCC)c1c(O)cccc1O. The van der Waals surface area contributed by atoms with Crippen LogP contribution in [0.4, 0.5) is 0 Å². The van der Waals surface area contributed by atoms with Gasteiger partial charge in [-0.2, -0.15) is 0 Å². The standard InChI is InChI=1S/C11H16O4/c1-3-14-11(15-4-2)10-8(12)6-5-7-9(10)13/h5-7,11-13H,3-4H2,1-2H3. The number of rotatable bonds is 5. The van der Waals surface area contributed by atoms with Crippen molar-refractivity contribution in [3.05, 3.63) is 23.8 Å². The summed E-state index contributed by atoms with van der Waals surface area (Å²) in [5, 5.41) is 19.2. The molecule has 84 valence electrons. The molecule has 2 N–H and O–H groups in total. The zero-order chi connectivity index (χ0) is 11.3. The van der Waals surface area contributed by atoms with Crippen LogP contribution in [0.1, 0.15) is 25.7 Å². The first-order valence-electron chi connectivity index (χ1n) is 4.94. The van der Waals surface area contributed by atoms with E-state index in [1.54, 1.807) is 6.07 Å². The second kappa shape index (κ2) is 5.58. The highest BCUT2D eigenvalue weighted by Gasteiger charge is 2.19. The summed E-state index contributed by atoms with van der Waals surface area (Å²) in [5.74, 6) is -0.0520. The summed E-state index contributed by atoms with van der Waals surface area (Å²) in [4.78, 5) is 0. The molecule has 0 amide bonds. The molecule has 0 saturated carbocycles. The fourth-order valence-corrected chi connectivity index (χ4v) is 1.30. The van der Waals surface area contributed by atoms with E-state index < -0.39 is 6.29 Å². The summed E-state index contributed by atoms with van der Waals surface area (Å²) in [5.41, 5.74) is 0.279. The highest BCUT2D eigenvalue weighted by atomic mass is 16.7. The van der Waals surface area contributed by atoms with Crippen LogP contribution in [0.5, 0.6) is 11.5 Å². The van der Waals surface area contributed by atoms with Crippen LogP contribution in [-0.2, 0) is 9.47 Å². The van der Waals surface area contributed by atoms with Crippen LogP contribution in [0, 0.1) is 0 Å². The topological polar surface area (TPSA) is 58.9 Å². The predicted octanol–water partition coefficient (Wildman–Crippen LogP) is 2.17. The highest BCUT2D eigenvalue weighted by Crippen LogP contribution is 2.34. The first-order valence-corrected chi connectivity index (χ1v) is 4.94. The largest absolute Gasteiger partial charge is 0.507 e. The molecule has 0 fully saturated rings. The zero-order valence-corrected chi connectivity index (χ0v) is 8.93. The van der Waals surface area contributed by atoms with Gasteiger partial charge in [-0.1, -0.05) is 6.07 Å². The monoisotopic (exact) mass is 212 g/mol. The molecule has 0 radical (unpaired) electrons. The van der Waals surface area contributed by atoms with E-state index in [0.717, 1.165) is 0 Å². The van der Waals surface area contributed by atoms with E-state index >= 15 is 0 Å². The molecule has 1 rings (SSSR count). The maximum atomic E-state index is 9.60. The number of phenols is 2. The molecular formula is C11H16O4. The Morgan fingerprint density at radius 3 is 1.93 bits per heavy atom. The lowest BCUT2D eigenvalue weighted by Crippen LogP contribution is -2.09. The molecule has 0 aromatic heterocycles. The molecule has 1 aromatic carbocycles. The average Bonchev–Trinajstić information content (AvgIpc) is 2.18. The van der Waals surface area contributed by atoms with Crippen LogP contribution < -0.4 is 0 Å². The first-order chi connectivity index (χ1) is 7.20. The lowest BCUT2D eigenvalue weighted by Gasteiger charge is -2.19. The minimum atomic E-state index is -0.721. The molecule has 0 aliphatic carbocycles. The Morgan fingerprint density at radius 1 is 1.07 bits per heavy atom. The Kier molecular flexibility index (Phi) is 4.39. The summed E-state index contributed by atoms with van der Waals surface area (Å²) in [6.45, 7) is 4.53. The third-order valence-electron chi connectivity index (χ3n) is 1.93. The normalized spacial score (nSPS) is 10.9. The van der Waals surface area contributed by atoms with Gasteiger partial charge in [0.05, 0.1) is 5.56 Å². The van der Waals surface area contributed by atoms with Crippen molar-refractivity contribution in [2.45, 2.75) is 20.1 Å².